The summed E-state index contributed by atoms with van der Waals surface area (Å²) in [6.07, 6.45) is 0. The third-order valence-electron chi connectivity index (χ3n) is 3.38. The molecule has 140 valence electrons. The Morgan fingerprint density at radius 3 is 2.50 bits per heavy atom. The lowest BCUT2D eigenvalue weighted by molar-refractivity contribution is 0.0955. The number of hydrogen-bond donors (Lipinski definition) is 3. The first-order valence-corrected chi connectivity index (χ1v) is 7.76. The second kappa shape index (κ2) is 11.2. The molecular formula is C18H23IN4O3. The Bertz CT molecular complexity index is 738. The molecule has 0 aliphatic heterocycles. The van der Waals surface area contributed by atoms with Gasteiger partial charge in [0.25, 0.3) is 5.91 Å². The van der Waals surface area contributed by atoms with E-state index in [9.17, 15) is 4.79 Å². The lowest BCUT2D eigenvalue weighted by atomic mass is 10.2. The number of aliphatic imine (C=N–C) groups is 1. The predicted octanol–water partition coefficient (Wildman–Crippen LogP) is 2.48. The fourth-order valence-corrected chi connectivity index (χ4v) is 2.13. The molecule has 4 N–H and O–H groups in total. The summed E-state index contributed by atoms with van der Waals surface area (Å²) >= 11 is 0. The molecule has 0 bridgehead atoms. The van der Waals surface area contributed by atoms with Gasteiger partial charge in [0, 0.05) is 18.2 Å². The zero-order valence-corrected chi connectivity index (χ0v) is 17.0. The zero-order valence-electron chi connectivity index (χ0n) is 14.7. The second-order valence-corrected chi connectivity index (χ2v) is 5.08. The first-order valence-electron chi connectivity index (χ1n) is 7.76. The molecule has 0 spiro atoms. The number of guanidine groups is 1. The van der Waals surface area contributed by atoms with Gasteiger partial charge in [-0.2, -0.15) is 0 Å². The number of ether oxygens (including phenoxy) is 2. The number of rotatable bonds is 7. The largest absolute Gasteiger partial charge is 0.497 e. The van der Waals surface area contributed by atoms with Gasteiger partial charge in [-0.05, 0) is 24.3 Å². The van der Waals surface area contributed by atoms with Gasteiger partial charge in [0.05, 0.1) is 26.5 Å². The Kier molecular flexibility index (Phi) is 9.27. The number of nitrogens with zero attached hydrogens (tertiary/aromatic N) is 1. The highest BCUT2D eigenvalue weighted by Crippen LogP contribution is 2.28. The summed E-state index contributed by atoms with van der Waals surface area (Å²) in [4.78, 5) is 16.1. The molecule has 0 aliphatic carbocycles. The zero-order chi connectivity index (χ0) is 18.1. The molecule has 0 unspecified atom stereocenters. The van der Waals surface area contributed by atoms with E-state index in [1.165, 1.54) is 0 Å². The molecule has 2 aromatic rings. The maximum Gasteiger partial charge on any atom is 0.251 e. The highest BCUT2D eigenvalue weighted by molar-refractivity contribution is 14.0. The SMILES string of the molecule is COc1ccc(OC)c(NC(N)=NCCNC(=O)c2ccccc2)c1.I. The summed E-state index contributed by atoms with van der Waals surface area (Å²) in [5.74, 6) is 1.37. The minimum Gasteiger partial charge on any atom is -0.497 e. The fraction of sp³-hybridized carbons (Fsp3) is 0.222. The van der Waals surface area contributed by atoms with Crippen molar-refractivity contribution in [3.63, 3.8) is 0 Å². The third-order valence-corrected chi connectivity index (χ3v) is 3.38. The molecule has 0 aromatic heterocycles. The summed E-state index contributed by atoms with van der Waals surface area (Å²) in [5, 5.41) is 5.75. The summed E-state index contributed by atoms with van der Waals surface area (Å²) in [5.41, 5.74) is 7.14. The van der Waals surface area contributed by atoms with Crippen LogP contribution >= 0.6 is 24.0 Å². The van der Waals surface area contributed by atoms with Crippen LogP contribution in [0.15, 0.2) is 53.5 Å². The van der Waals surface area contributed by atoms with Crippen LogP contribution in [0.1, 0.15) is 10.4 Å². The van der Waals surface area contributed by atoms with Crippen molar-refractivity contribution in [3.8, 4) is 11.5 Å². The molecule has 8 heteroatoms. The van der Waals surface area contributed by atoms with Gasteiger partial charge in [0.2, 0.25) is 0 Å². The van der Waals surface area contributed by atoms with Gasteiger partial charge < -0.3 is 25.8 Å². The van der Waals surface area contributed by atoms with Crippen LogP contribution in [0.25, 0.3) is 0 Å². The van der Waals surface area contributed by atoms with Crippen LogP contribution in [0.2, 0.25) is 0 Å². The fourth-order valence-electron chi connectivity index (χ4n) is 2.13. The van der Waals surface area contributed by atoms with E-state index in [0.717, 1.165) is 0 Å². The average Bonchev–Trinajstić information content (AvgIpc) is 2.65. The quantitative estimate of drug-likeness (QED) is 0.250. The molecule has 0 atom stereocenters. The van der Waals surface area contributed by atoms with Gasteiger partial charge in [-0.15, -0.1) is 24.0 Å². The van der Waals surface area contributed by atoms with Crippen molar-refractivity contribution in [2.24, 2.45) is 10.7 Å². The van der Waals surface area contributed by atoms with Crippen LogP contribution in [-0.2, 0) is 0 Å². The van der Waals surface area contributed by atoms with Gasteiger partial charge in [0.1, 0.15) is 11.5 Å². The minimum atomic E-state index is -0.142. The van der Waals surface area contributed by atoms with E-state index in [2.05, 4.69) is 15.6 Å². The molecule has 7 nitrogen and oxygen atoms in total. The van der Waals surface area contributed by atoms with E-state index in [4.69, 9.17) is 15.2 Å². The molecular weight excluding hydrogens is 447 g/mol. The average molecular weight is 470 g/mol. The molecule has 2 rings (SSSR count). The van der Waals surface area contributed by atoms with Crippen molar-refractivity contribution in [3.05, 3.63) is 54.1 Å². The molecule has 0 fully saturated rings. The Morgan fingerprint density at radius 2 is 1.85 bits per heavy atom. The van der Waals surface area contributed by atoms with Crippen molar-refractivity contribution in [1.82, 2.24) is 5.32 Å². The number of methoxy groups -OCH3 is 2. The highest BCUT2D eigenvalue weighted by Gasteiger charge is 2.06. The van der Waals surface area contributed by atoms with Crippen molar-refractivity contribution in [2.45, 2.75) is 0 Å². The van der Waals surface area contributed by atoms with Gasteiger partial charge in [0.15, 0.2) is 5.96 Å². The third kappa shape index (κ3) is 6.43. The highest BCUT2D eigenvalue weighted by atomic mass is 127. The summed E-state index contributed by atoms with van der Waals surface area (Å²) in [6.45, 7) is 0.731. The van der Waals surface area contributed by atoms with E-state index >= 15 is 0 Å². The van der Waals surface area contributed by atoms with E-state index in [1.54, 1.807) is 44.6 Å². The van der Waals surface area contributed by atoms with E-state index in [-0.39, 0.29) is 35.8 Å². The summed E-state index contributed by atoms with van der Waals surface area (Å²) < 4.78 is 10.4. The summed E-state index contributed by atoms with van der Waals surface area (Å²) in [7, 11) is 3.15. The van der Waals surface area contributed by atoms with Gasteiger partial charge in [-0.3, -0.25) is 9.79 Å². The number of nitrogens with two attached hydrogens (primary N) is 1. The van der Waals surface area contributed by atoms with Crippen LogP contribution < -0.4 is 25.8 Å². The number of carbonyl (C=O) groups is 1. The van der Waals surface area contributed by atoms with Crippen LogP contribution in [-0.4, -0.2) is 39.2 Å². The first kappa shape index (κ1) is 21.6. The molecule has 0 heterocycles. The molecule has 0 aliphatic rings. The number of nitrogens with one attached hydrogen (secondary N) is 2. The van der Waals surface area contributed by atoms with Crippen LogP contribution in [0.3, 0.4) is 0 Å². The maximum absolute atomic E-state index is 11.9. The Balaban J connectivity index is 0.00000338. The molecule has 1 amide bonds. The Morgan fingerprint density at radius 1 is 1.12 bits per heavy atom. The maximum atomic E-state index is 11.9. The van der Waals surface area contributed by atoms with Crippen molar-refractivity contribution in [1.29, 1.82) is 0 Å². The number of amides is 1. The van der Waals surface area contributed by atoms with E-state index in [0.29, 0.717) is 35.8 Å². The Hall–Kier alpha value is -2.49. The van der Waals surface area contributed by atoms with Crippen molar-refractivity contribution < 1.29 is 14.3 Å². The van der Waals surface area contributed by atoms with Crippen LogP contribution in [0.4, 0.5) is 5.69 Å². The number of anilines is 1. The molecule has 0 saturated carbocycles. The molecule has 26 heavy (non-hydrogen) atoms. The van der Waals surface area contributed by atoms with Crippen molar-refractivity contribution >= 4 is 41.5 Å². The Labute approximate surface area is 170 Å². The molecule has 2 aromatic carbocycles. The predicted molar refractivity (Wildman–Crippen MR) is 114 cm³/mol. The van der Waals surface area contributed by atoms with Gasteiger partial charge in [-0.25, -0.2) is 0 Å². The number of halogens is 1. The van der Waals surface area contributed by atoms with Gasteiger partial charge in [-0.1, -0.05) is 18.2 Å². The lowest BCUT2D eigenvalue weighted by Gasteiger charge is -2.12. The number of hydrogen-bond acceptors (Lipinski definition) is 4. The van der Waals surface area contributed by atoms with Gasteiger partial charge >= 0.3 is 0 Å². The molecule has 0 radical (unpaired) electrons. The standard InChI is InChI=1S/C18H22N4O3.HI/c1-24-14-8-9-16(25-2)15(12-14)22-18(19)21-11-10-20-17(23)13-6-4-3-5-7-13;/h3-9,12H,10-11H2,1-2H3,(H,20,23)(H3,19,21,22);1H. The first-order chi connectivity index (χ1) is 12.1. The molecule has 0 saturated heterocycles. The smallest absolute Gasteiger partial charge is 0.251 e. The van der Waals surface area contributed by atoms with Crippen LogP contribution in [0.5, 0.6) is 11.5 Å². The van der Waals surface area contributed by atoms with E-state index < -0.39 is 0 Å². The minimum absolute atomic E-state index is 0. The number of benzene rings is 2. The van der Waals surface area contributed by atoms with E-state index in [1.807, 2.05) is 18.2 Å². The number of carbonyl (C=O) groups excluding carboxylic acids is 1. The second-order valence-electron chi connectivity index (χ2n) is 5.08. The monoisotopic (exact) mass is 470 g/mol. The van der Waals surface area contributed by atoms with Crippen molar-refractivity contribution in [2.75, 3.05) is 32.6 Å². The topological polar surface area (TPSA) is 98.0 Å². The normalized spacial score (nSPS) is 10.5. The lowest BCUT2D eigenvalue weighted by Crippen LogP contribution is -2.28. The van der Waals surface area contributed by atoms with Crippen LogP contribution in [0, 0.1) is 0 Å². The summed E-state index contributed by atoms with van der Waals surface area (Å²) in [6, 6.07) is 14.3.